The van der Waals surface area contributed by atoms with Crippen LogP contribution in [0.3, 0.4) is 0 Å². The summed E-state index contributed by atoms with van der Waals surface area (Å²) in [6.45, 7) is 9.60. The molecule has 0 unspecified atom stereocenters. The molecule has 348 valence electrons. The first-order valence-corrected chi connectivity index (χ1v) is 24.6. The summed E-state index contributed by atoms with van der Waals surface area (Å²) in [5.41, 5.74) is 6.58. The Kier molecular flexibility index (Phi) is 13.0. The van der Waals surface area contributed by atoms with Crippen LogP contribution < -0.4 is 24.0 Å². The number of pyridine rings is 1. The van der Waals surface area contributed by atoms with Gasteiger partial charge in [0.05, 0.1) is 40.3 Å². The number of nitrogens with one attached hydrogen (secondary N) is 2. The maximum Gasteiger partial charge on any atom is 0.312 e. The van der Waals surface area contributed by atoms with E-state index < -0.39 is 31.4 Å². The number of nitrogens with zero attached hydrogens (tertiary/aromatic N) is 5. The number of aromatic nitrogens is 2. The van der Waals surface area contributed by atoms with Crippen molar-refractivity contribution in [2.75, 3.05) is 69.4 Å². The molecule has 0 bridgehead atoms. The number of nitro groups is 1. The summed E-state index contributed by atoms with van der Waals surface area (Å²) in [6.07, 6.45) is 8.66. The van der Waals surface area contributed by atoms with Crippen LogP contribution in [0.4, 0.5) is 22.7 Å². The van der Waals surface area contributed by atoms with E-state index in [0.29, 0.717) is 29.4 Å². The van der Waals surface area contributed by atoms with Gasteiger partial charge in [-0.3, -0.25) is 19.8 Å². The van der Waals surface area contributed by atoms with E-state index >= 15 is 0 Å². The van der Waals surface area contributed by atoms with E-state index in [1.807, 2.05) is 41.3 Å². The Hall–Kier alpha value is -5.68. The fourth-order valence-corrected chi connectivity index (χ4v) is 10.9. The normalized spacial score (nSPS) is 20.2. The van der Waals surface area contributed by atoms with E-state index in [1.54, 1.807) is 19.4 Å². The van der Waals surface area contributed by atoms with Crippen LogP contribution in [-0.2, 0) is 14.8 Å². The average molecular weight is 939 g/mol. The third kappa shape index (κ3) is 9.87. The van der Waals surface area contributed by atoms with E-state index in [4.69, 9.17) is 30.8 Å². The summed E-state index contributed by atoms with van der Waals surface area (Å²) < 4.78 is 47.4. The lowest BCUT2D eigenvalue weighted by molar-refractivity contribution is -0.386. The molecule has 1 amide bonds. The van der Waals surface area contributed by atoms with E-state index in [9.17, 15) is 23.3 Å². The summed E-state index contributed by atoms with van der Waals surface area (Å²) in [4.78, 5) is 40.0. The predicted octanol–water partition coefficient (Wildman–Crippen LogP) is 9.14. The molecule has 2 aromatic heterocycles. The summed E-state index contributed by atoms with van der Waals surface area (Å²) in [6, 6.07) is 20.9. The largest absolute Gasteiger partial charge is 0.487 e. The van der Waals surface area contributed by atoms with Crippen molar-refractivity contribution >= 4 is 66.9 Å². The van der Waals surface area contributed by atoms with Gasteiger partial charge in [-0.05, 0) is 122 Å². The van der Waals surface area contributed by atoms with Gasteiger partial charge >= 0.3 is 5.69 Å². The van der Waals surface area contributed by atoms with Crippen LogP contribution in [0.25, 0.3) is 16.6 Å². The highest BCUT2D eigenvalue weighted by Gasteiger charge is 2.33. The molecule has 1 saturated heterocycles. The molecule has 0 radical (unpaired) electrons. The lowest BCUT2D eigenvalue weighted by Crippen LogP contribution is -2.47. The number of carbonyl (C=O) groups is 1. The first-order valence-electron chi connectivity index (χ1n) is 22.7. The zero-order valence-electron chi connectivity index (χ0n) is 37.6. The molecule has 0 spiro atoms. The molecule has 15 nitrogen and oxygen atoms in total. The summed E-state index contributed by atoms with van der Waals surface area (Å²) in [5, 5.41) is 13.8. The minimum atomic E-state index is -4.59. The maximum atomic E-state index is 14.3. The maximum absolute atomic E-state index is 14.3. The number of H-pyrrole nitrogens is 1. The number of ether oxygens (including phenoxy) is 3. The zero-order chi connectivity index (χ0) is 46.2. The number of halogens is 1. The zero-order valence-corrected chi connectivity index (χ0v) is 39.1. The Labute approximate surface area is 390 Å². The number of methoxy groups -OCH3 is 1. The van der Waals surface area contributed by atoms with Crippen molar-refractivity contribution in [3.8, 4) is 11.6 Å². The van der Waals surface area contributed by atoms with Gasteiger partial charge in [0.25, 0.3) is 15.9 Å². The van der Waals surface area contributed by atoms with Gasteiger partial charge < -0.3 is 29.0 Å². The molecule has 66 heavy (non-hydrogen) atoms. The number of piperazine rings is 1. The Morgan fingerprint density at radius 3 is 2.50 bits per heavy atom. The van der Waals surface area contributed by atoms with Crippen molar-refractivity contribution in [2.24, 2.45) is 11.3 Å². The van der Waals surface area contributed by atoms with Crippen molar-refractivity contribution < 1.29 is 32.3 Å². The van der Waals surface area contributed by atoms with Crippen LogP contribution in [0.5, 0.6) is 11.6 Å². The molecule has 2 fully saturated rings. The number of allylic oxidation sites excluding steroid dienone is 1. The number of sulfonamides is 1. The van der Waals surface area contributed by atoms with Gasteiger partial charge in [0.2, 0.25) is 5.88 Å². The smallest absolute Gasteiger partial charge is 0.312 e. The molecule has 2 aliphatic heterocycles. The first-order chi connectivity index (χ1) is 31.7. The number of benzene rings is 3. The molecule has 5 aromatic rings. The highest BCUT2D eigenvalue weighted by Crippen LogP contribution is 2.44. The van der Waals surface area contributed by atoms with Gasteiger partial charge in [0.1, 0.15) is 17.9 Å². The molecule has 4 heterocycles. The number of hydrogen-bond donors (Lipinski definition) is 2. The third-order valence-corrected chi connectivity index (χ3v) is 15.2. The van der Waals surface area contributed by atoms with Crippen molar-refractivity contribution in [1.82, 2.24) is 19.6 Å². The summed E-state index contributed by atoms with van der Waals surface area (Å²) in [7, 11) is -2.90. The van der Waals surface area contributed by atoms with E-state index in [0.717, 1.165) is 99.8 Å². The first kappa shape index (κ1) is 45.5. The fourth-order valence-electron chi connectivity index (χ4n) is 9.79. The Morgan fingerprint density at radius 2 is 1.76 bits per heavy atom. The molecule has 0 atom stereocenters. The second kappa shape index (κ2) is 18.9. The number of amides is 1. The minimum absolute atomic E-state index is 0.0354. The van der Waals surface area contributed by atoms with Crippen LogP contribution in [-0.4, -0.2) is 99.8 Å². The number of hydrogen-bond acceptors (Lipinski definition) is 12. The third-order valence-electron chi connectivity index (χ3n) is 13.6. The van der Waals surface area contributed by atoms with Gasteiger partial charge in [-0.25, -0.2) is 13.1 Å². The molecule has 1 saturated carbocycles. The quantitative estimate of drug-likeness (QED) is 0.0849. The number of carbonyl (C=O) groups excluding carboxylic acids is 1. The monoisotopic (exact) mass is 937 g/mol. The fraction of sp³-hybridized carbons (Fsp3) is 0.429. The van der Waals surface area contributed by atoms with Gasteiger partial charge in [-0.2, -0.15) is 4.98 Å². The van der Waals surface area contributed by atoms with Crippen molar-refractivity contribution in [2.45, 2.75) is 69.8 Å². The molecule has 4 aliphatic rings. The van der Waals surface area contributed by atoms with Crippen LogP contribution in [0, 0.1) is 21.4 Å². The van der Waals surface area contributed by atoms with Crippen LogP contribution in [0.1, 0.15) is 74.7 Å². The van der Waals surface area contributed by atoms with E-state index in [2.05, 4.69) is 45.5 Å². The van der Waals surface area contributed by atoms with Crippen molar-refractivity contribution in [3.63, 3.8) is 0 Å². The predicted molar refractivity (Wildman–Crippen MR) is 256 cm³/mol. The molecule has 17 heteroatoms. The van der Waals surface area contributed by atoms with E-state index in [1.165, 1.54) is 28.8 Å². The minimum Gasteiger partial charge on any atom is -0.487 e. The number of fused-ring (bicyclic) bond motifs is 2. The number of aromatic amines is 1. The van der Waals surface area contributed by atoms with Crippen molar-refractivity contribution in [3.05, 3.63) is 111 Å². The van der Waals surface area contributed by atoms with Crippen LogP contribution in [0.15, 0.2) is 89.5 Å². The van der Waals surface area contributed by atoms with Gasteiger partial charge in [0, 0.05) is 68.2 Å². The van der Waals surface area contributed by atoms with Crippen LogP contribution in [0.2, 0.25) is 5.02 Å². The number of rotatable bonds is 13. The number of anilines is 3. The van der Waals surface area contributed by atoms with Gasteiger partial charge in [-0.1, -0.05) is 43.2 Å². The summed E-state index contributed by atoms with van der Waals surface area (Å²) >= 11 is 6.27. The molecular weight excluding hydrogens is 882 g/mol. The Morgan fingerprint density at radius 1 is 0.985 bits per heavy atom. The highest BCUT2D eigenvalue weighted by atomic mass is 35.5. The lowest BCUT2D eigenvalue weighted by atomic mass is 9.72. The van der Waals surface area contributed by atoms with E-state index in [-0.39, 0.29) is 42.0 Å². The SMILES string of the molecule is CO[C@H]1CC[C@@H](COc2ccc(S(=O)(=O)NC(=O)c3ccc(N4CCN(CC5=C(c6ccc(Cl)cc6)CC(C)(C)CC5)CC4)cc3N3CCOc4nc5[nH]ccc5cc43)cc2[N+](=O)[O-])CC1. The summed E-state index contributed by atoms with van der Waals surface area (Å²) in [5.74, 6) is -0.351. The lowest BCUT2D eigenvalue weighted by Gasteiger charge is -2.39. The molecule has 9 rings (SSSR count). The second-order valence-corrected chi connectivity index (χ2v) is 20.8. The van der Waals surface area contributed by atoms with Gasteiger partial charge in [-0.15, -0.1) is 0 Å². The molecule has 2 N–H and O–H groups in total. The van der Waals surface area contributed by atoms with Crippen molar-refractivity contribution in [1.29, 1.82) is 0 Å². The van der Waals surface area contributed by atoms with Crippen LogP contribution >= 0.6 is 11.6 Å². The molecule has 2 aliphatic carbocycles. The second-order valence-electron chi connectivity index (χ2n) is 18.6. The topological polar surface area (TPSA) is 172 Å². The average Bonchev–Trinajstić information content (AvgIpc) is 3.78. The highest BCUT2D eigenvalue weighted by molar-refractivity contribution is 7.90. The Bertz CT molecular complexity index is 2760. The standard InChI is InChI=1S/C49H56ClN7O8S/c1-49(2)18-16-35(41(29-49)33-6-8-36(50)9-7-33)30-54-20-22-55(23-21-54)37-10-14-40(42(27-37)56-24-25-64-48-44(56)26-34-17-19-51-46(34)52-48)47(58)53-66(61,62)39-13-15-45(43(28-39)57(59)60)65-31-32-4-11-38(63-3)12-5-32/h6-10,13-15,17,19,26-28,32,38H,4-5,11-12,16,18,20-25,29-31H2,1-3H3,(H,51,52)(H,53,58)/t32-,38+. The molecule has 3 aromatic carbocycles. The number of nitro benzene ring substituents is 1. The van der Waals surface area contributed by atoms with Gasteiger partial charge in [0.15, 0.2) is 5.75 Å². The molecular formula is C49H56ClN7O8S. The Balaban J connectivity index is 0.962.